The van der Waals surface area contributed by atoms with E-state index in [2.05, 4.69) is 29.0 Å². The average molecular weight is 217 g/mol. The highest BCUT2D eigenvalue weighted by Gasteiger charge is 2.12. The smallest absolute Gasteiger partial charge is 0.182 e. The van der Waals surface area contributed by atoms with Crippen LogP contribution in [0.5, 0.6) is 0 Å². The number of pyridine rings is 1. The molecular formula is C11H15N5. The molecule has 0 radical (unpaired) electrons. The van der Waals surface area contributed by atoms with Crippen molar-refractivity contribution >= 4 is 5.82 Å². The maximum absolute atomic E-state index is 5.65. The summed E-state index contributed by atoms with van der Waals surface area (Å²) in [6.45, 7) is 4.25. The second-order valence-electron chi connectivity index (χ2n) is 3.77. The van der Waals surface area contributed by atoms with E-state index in [1.54, 1.807) is 12.4 Å². The van der Waals surface area contributed by atoms with E-state index in [-0.39, 0.29) is 0 Å². The molecule has 84 valence electrons. The molecule has 2 rings (SSSR count). The Hall–Kier alpha value is -1.91. The van der Waals surface area contributed by atoms with Crippen LogP contribution >= 0.6 is 0 Å². The molecule has 2 aromatic rings. The third kappa shape index (κ3) is 1.88. The Kier molecular flexibility index (Phi) is 2.85. The molecule has 16 heavy (non-hydrogen) atoms. The number of rotatable bonds is 3. The Balaban J connectivity index is 2.44. The van der Waals surface area contributed by atoms with Gasteiger partial charge in [0.05, 0.1) is 0 Å². The van der Waals surface area contributed by atoms with Gasteiger partial charge in [0, 0.05) is 6.04 Å². The third-order valence-corrected chi connectivity index (χ3v) is 2.64. The van der Waals surface area contributed by atoms with E-state index in [9.17, 15) is 0 Å². The zero-order valence-corrected chi connectivity index (χ0v) is 9.46. The van der Waals surface area contributed by atoms with Crippen molar-refractivity contribution in [1.29, 1.82) is 0 Å². The molecule has 2 heterocycles. The minimum atomic E-state index is 0.355. The molecular weight excluding hydrogens is 202 g/mol. The van der Waals surface area contributed by atoms with Crippen LogP contribution in [0.3, 0.4) is 0 Å². The van der Waals surface area contributed by atoms with Crippen molar-refractivity contribution in [1.82, 2.24) is 19.7 Å². The van der Waals surface area contributed by atoms with E-state index in [1.165, 1.54) is 0 Å². The summed E-state index contributed by atoms with van der Waals surface area (Å²) in [6.07, 6.45) is 2.75. The van der Waals surface area contributed by atoms with Gasteiger partial charge < -0.3 is 10.3 Å². The lowest BCUT2D eigenvalue weighted by molar-refractivity contribution is 0.533. The number of hydrogen-bond donors (Lipinski definition) is 1. The van der Waals surface area contributed by atoms with Crippen LogP contribution in [0.15, 0.2) is 24.5 Å². The molecule has 2 N–H and O–H groups in total. The number of hydrogen-bond acceptors (Lipinski definition) is 4. The molecule has 0 fully saturated rings. The van der Waals surface area contributed by atoms with Gasteiger partial charge in [-0.3, -0.25) is 0 Å². The van der Waals surface area contributed by atoms with Crippen molar-refractivity contribution in [3.63, 3.8) is 0 Å². The van der Waals surface area contributed by atoms with Gasteiger partial charge in [0.25, 0.3) is 0 Å². The zero-order valence-electron chi connectivity index (χ0n) is 9.46. The van der Waals surface area contributed by atoms with Gasteiger partial charge in [0.2, 0.25) is 0 Å². The summed E-state index contributed by atoms with van der Waals surface area (Å²) in [5.41, 5.74) is 6.42. The quantitative estimate of drug-likeness (QED) is 0.852. The maximum Gasteiger partial charge on any atom is 0.182 e. The van der Waals surface area contributed by atoms with Crippen LogP contribution in [0.25, 0.3) is 11.5 Å². The van der Waals surface area contributed by atoms with E-state index < -0.39 is 0 Å². The highest BCUT2D eigenvalue weighted by atomic mass is 15.3. The van der Waals surface area contributed by atoms with Gasteiger partial charge in [-0.25, -0.2) is 4.98 Å². The molecule has 0 saturated carbocycles. The van der Waals surface area contributed by atoms with Gasteiger partial charge in [0.1, 0.15) is 17.8 Å². The average Bonchev–Trinajstić information content (AvgIpc) is 2.77. The Labute approximate surface area is 94.3 Å². The normalized spacial score (nSPS) is 12.6. The minimum Gasteiger partial charge on any atom is -0.384 e. The summed E-state index contributed by atoms with van der Waals surface area (Å²) in [7, 11) is 0. The van der Waals surface area contributed by atoms with Crippen LogP contribution in [-0.2, 0) is 0 Å². The van der Waals surface area contributed by atoms with Gasteiger partial charge in [0.15, 0.2) is 5.82 Å². The largest absolute Gasteiger partial charge is 0.384 e. The molecule has 1 atom stereocenters. The van der Waals surface area contributed by atoms with E-state index in [0.29, 0.717) is 11.9 Å². The van der Waals surface area contributed by atoms with E-state index in [4.69, 9.17) is 5.73 Å². The fraction of sp³-hybridized carbons (Fsp3) is 0.364. The molecule has 0 aliphatic carbocycles. The standard InChI is InChI=1S/C11H15N5/c1-3-8(2)16-7-13-15-11(16)9-5-4-6-10(12)14-9/h4-8H,3H2,1-2H3,(H2,12,14)/t8-/m1/s1. The predicted molar refractivity (Wildman–Crippen MR) is 62.7 cm³/mol. The molecule has 0 bridgehead atoms. The number of nitrogen functional groups attached to an aromatic ring is 1. The Morgan fingerprint density at radius 2 is 2.25 bits per heavy atom. The van der Waals surface area contributed by atoms with Gasteiger partial charge in [-0.05, 0) is 25.5 Å². The van der Waals surface area contributed by atoms with E-state index in [0.717, 1.165) is 17.9 Å². The summed E-state index contributed by atoms with van der Waals surface area (Å²) in [5.74, 6) is 1.26. The first-order valence-corrected chi connectivity index (χ1v) is 5.34. The van der Waals surface area contributed by atoms with Crippen molar-refractivity contribution in [2.45, 2.75) is 26.3 Å². The van der Waals surface area contributed by atoms with Crippen molar-refractivity contribution in [2.24, 2.45) is 0 Å². The van der Waals surface area contributed by atoms with E-state index >= 15 is 0 Å². The summed E-state index contributed by atoms with van der Waals surface area (Å²) in [5, 5.41) is 8.02. The fourth-order valence-electron chi connectivity index (χ4n) is 1.52. The number of anilines is 1. The summed E-state index contributed by atoms with van der Waals surface area (Å²) in [4.78, 5) is 4.25. The first-order valence-electron chi connectivity index (χ1n) is 5.34. The molecule has 0 spiro atoms. The second-order valence-corrected chi connectivity index (χ2v) is 3.77. The molecule has 5 heteroatoms. The molecule has 0 unspecified atom stereocenters. The Morgan fingerprint density at radius 3 is 2.94 bits per heavy atom. The predicted octanol–water partition coefficient (Wildman–Crippen LogP) is 1.89. The lowest BCUT2D eigenvalue weighted by Gasteiger charge is -2.12. The van der Waals surface area contributed by atoms with E-state index in [1.807, 2.05) is 16.7 Å². The topological polar surface area (TPSA) is 69.6 Å². The van der Waals surface area contributed by atoms with Crippen LogP contribution in [0, 0.1) is 0 Å². The lowest BCUT2D eigenvalue weighted by Crippen LogP contribution is -2.05. The Bertz CT molecular complexity index is 477. The fourth-order valence-corrected chi connectivity index (χ4v) is 1.52. The Morgan fingerprint density at radius 1 is 1.44 bits per heavy atom. The van der Waals surface area contributed by atoms with Gasteiger partial charge in [-0.15, -0.1) is 10.2 Å². The summed E-state index contributed by atoms with van der Waals surface area (Å²) in [6, 6.07) is 5.87. The number of nitrogens with zero attached hydrogens (tertiary/aromatic N) is 4. The van der Waals surface area contributed by atoms with Crippen LogP contribution in [-0.4, -0.2) is 19.7 Å². The lowest BCUT2D eigenvalue weighted by atomic mass is 10.2. The van der Waals surface area contributed by atoms with Crippen molar-refractivity contribution < 1.29 is 0 Å². The van der Waals surface area contributed by atoms with Gasteiger partial charge in [-0.1, -0.05) is 13.0 Å². The summed E-state index contributed by atoms with van der Waals surface area (Å²) >= 11 is 0. The molecule has 5 nitrogen and oxygen atoms in total. The maximum atomic E-state index is 5.65. The van der Waals surface area contributed by atoms with Crippen molar-refractivity contribution in [3.8, 4) is 11.5 Å². The van der Waals surface area contributed by atoms with Crippen LogP contribution in [0.2, 0.25) is 0 Å². The highest BCUT2D eigenvalue weighted by Crippen LogP contribution is 2.20. The second kappa shape index (κ2) is 4.30. The molecule has 0 saturated heterocycles. The monoisotopic (exact) mass is 217 g/mol. The highest BCUT2D eigenvalue weighted by molar-refractivity contribution is 5.52. The van der Waals surface area contributed by atoms with Gasteiger partial charge in [-0.2, -0.15) is 0 Å². The molecule has 0 aliphatic rings. The first kappa shape index (κ1) is 10.6. The first-order chi connectivity index (χ1) is 7.72. The minimum absolute atomic E-state index is 0.355. The number of aromatic nitrogens is 4. The van der Waals surface area contributed by atoms with Crippen LogP contribution in [0.1, 0.15) is 26.3 Å². The molecule has 0 aliphatic heterocycles. The molecule has 0 amide bonds. The number of nitrogens with two attached hydrogens (primary N) is 1. The van der Waals surface area contributed by atoms with Crippen molar-refractivity contribution in [2.75, 3.05) is 5.73 Å². The third-order valence-electron chi connectivity index (χ3n) is 2.64. The summed E-state index contributed by atoms with van der Waals surface area (Å²) < 4.78 is 2.02. The molecule has 2 aromatic heterocycles. The van der Waals surface area contributed by atoms with Crippen LogP contribution < -0.4 is 5.73 Å². The molecule has 0 aromatic carbocycles. The SMILES string of the molecule is CC[C@@H](C)n1cnnc1-c1cccc(N)n1. The zero-order chi connectivity index (χ0) is 11.5. The van der Waals surface area contributed by atoms with Crippen LogP contribution in [0.4, 0.5) is 5.82 Å². The van der Waals surface area contributed by atoms with Gasteiger partial charge >= 0.3 is 0 Å². The van der Waals surface area contributed by atoms with Crippen molar-refractivity contribution in [3.05, 3.63) is 24.5 Å².